The van der Waals surface area contributed by atoms with E-state index in [2.05, 4.69) is 0 Å². The number of carbonyl (C=O) groups excluding carboxylic acids is 2. The topological polar surface area (TPSA) is 61.8 Å². The second-order valence-electron chi connectivity index (χ2n) is 4.57. The summed E-state index contributed by atoms with van der Waals surface area (Å²) in [6.07, 6.45) is 0.191. The molecule has 0 bridgehead atoms. The SMILES string of the molecule is CC(=O)OC[C@@H]1O[C@H](C)C[C@H](C)[C@H]1OC(C)=O. The predicted octanol–water partition coefficient (Wildman–Crippen LogP) is 1.29. The van der Waals surface area contributed by atoms with Crippen molar-refractivity contribution in [1.29, 1.82) is 0 Å². The molecular weight excluding hydrogens is 224 g/mol. The van der Waals surface area contributed by atoms with Crippen LogP contribution in [0.2, 0.25) is 0 Å². The molecule has 1 aliphatic rings. The Kier molecular flexibility index (Phi) is 4.93. The third-order valence-electron chi connectivity index (χ3n) is 2.79. The van der Waals surface area contributed by atoms with E-state index in [1.807, 2.05) is 13.8 Å². The standard InChI is InChI=1S/C12H20O5/c1-7-5-8(2)16-11(6-15-9(3)13)12(7)17-10(4)14/h7-8,11-12H,5-6H2,1-4H3/t7-,8+,11-,12+/m0/s1. The van der Waals surface area contributed by atoms with Crippen molar-refractivity contribution in [2.24, 2.45) is 5.92 Å². The average Bonchev–Trinajstić information content (AvgIpc) is 2.18. The number of carbonyl (C=O) groups is 2. The quantitative estimate of drug-likeness (QED) is 0.700. The number of hydrogen-bond donors (Lipinski definition) is 0. The van der Waals surface area contributed by atoms with Crippen molar-refractivity contribution in [1.82, 2.24) is 0 Å². The average molecular weight is 244 g/mol. The van der Waals surface area contributed by atoms with Crippen LogP contribution in [0.5, 0.6) is 0 Å². The van der Waals surface area contributed by atoms with Crippen molar-refractivity contribution in [2.45, 2.75) is 52.4 Å². The van der Waals surface area contributed by atoms with Crippen LogP contribution in [-0.4, -0.2) is 36.9 Å². The molecule has 0 N–H and O–H groups in total. The van der Waals surface area contributed by atoms with Crippen LogP contribution in [0.4, 0.5) is 0 Å². The lowest BCUT2D eigenvalue weighted by Gasteiger charge is -2.38. The van der Waals surface area contributed by atoms with Crippen molar-refractivity contribution in [3.05, 3.63) is 0 Å². The van der Waals surface area contributed by atoms with Crippen molar-refractivity contribution in [3.63, 3.8) is 0 Å². The summed E-state index contributed by atoms with van der Waals surface area (Å²) in [6, 6.07) is 0. The molecule has 0 aliphatic carbocycles. The largest absolute Gasteiger partial charge is 0.463 e. The van der Waals surface area contributed by atoms with Crippen LogP contribution in [0, 0.1) is 5.92 Å². The van der Waals surface area contributed by atoms with Gasteiger partial charge in [0.05, 0.1) is 6.10 Å². The summed E-state index contributed by atoms with van der Waals surface area (Å²) in [6.45, 7) is 6.81. The van der Waals surface area contributed by atoms with Gasteiger partial charge in [-0.1, -0.05) is 6.92 Å². The highest BCUT2D eigenvalue weighted by Crippen LogP contribution is 2.27. The van der Waals surface area contributed by atoms with Crippen molar-refractivity contribution < 1.29 is 23.8 Å². The third-order valence-corrected chi connectivity index (χ3v) is 2.79. The summed E-state index contributed by atoms with van der Waals surface area (Å²) >= 11 is 0. The fraction of sp³-hybridized carbons (Fsp3) is 0.833. The molecule has 0 aromatic heterocycles. The molecular formula is C12H20O5. The molecule has 1 aliphatic heterocycles. The Morgan fingerprint density at radius 3 is 2.41 bits per heavy atom. The lowest BCUT2D eigenvalue weighted by molar-refractivity contribution is -0.189. The van der Waals surface area contributed by atoms with Crippen LogP contribution in [0.25, 0.3) is 0 Å². The van der Waals surface area contributed by atoms with Gasteiger partial charge in [0, 0.05) is 13.8 Å². The van der Waals surface area contributed by atoms with Crippen LogP contribution < -0.4 is 0 Å². The van der Waals surface area contributed by atoms with Crippen LogP contribution >= 0.6 is 0 Å². The van der Waals surface area contributed by atoms with Crippen molar-refractivity contribution in [2.75, 3.05) is 6.61 Å². The fourth-order valence-electron chi connectivity index (χ4n) is 2.17. The first-order valence-electron chi connectivity index (χ1n) is 5.86. The smallest absolute Gasteiger partial charge is 0.303 e. The van der Waals surface area contributed by atoms with E-state index in [-0.39, 0.29) is 42.8 Å². The van der Waals surface area contributed by atoms with Gasteiger partial charge in [-0.2, -0.15) is 0 Å². The maximum absolute atomic E-state index is 11.0. The lowest BCUT2D eigenvalue weighted by Crippen LogP contribution is -2.48. The second-order valence-corrected chi connectivity index (χ2v) is 4.57. The van der Waals surface area contributed by atoms with Gasteiger partial charge in [-0.05, 0) is 19.3 Å². The summed E-state index contributed by atoms with van der Waals surface area (Å²) in [5.41, 5.74) is 0. The van der Waals surface area contributed by atoms with E-state index in [0.29, 0.717) is 0 Å². The summed E-state index contributed by atoms with van der Waals surface area (Å²) in [5.74, 6) is -0.503. The minimum Gasteiger partial charge on any atom is -0.463 e. The molecule has 0 aromatic carbocycles. The zero-order chi connectivity index (χ0) is 13.0. The van der Waals surface area contributed by atoms with Crippen LogP contribution in [0.3, 0.4) is 0 Å². The lowest BCUT2D eigenvalue weighted by atomic mass is 9.91. The maximum Gasteiger partial charge on any atom is 0.303 e. The van der Waals surface area contributed by atoms with Gasteiger partial charge in [-0.3, -0.25) is 9.59 Å². The molecule has 17 heavy (non-hydrogen) atoms. The number of ether oxygens (including phenoxy) is 3. The Morgan fingerprint density at radius 1 is 1.24 bits per heavy atom. The van der Waals surface area contributed by atoms with Gasteiger partial charge in [-0.15, -0.1) is 0 Å². The second kappa shape index (κ2) is 6.00. The first-order valence-corrected chi connectivity index (χ1v) is 5.86. The zero-order valence-electron chi connectivity index (χ0n) is 10.8. The Bertz CT molecular complexity index is 289. The Balaban J connectivity index is 2.64. The molecule has 0 amide bonds. The summed E-state index contributed by atoms with van der Waals surface area (Å²) in [4.78, 5) is 21.8. The number of esters is 2. The van der Waals surface area contributed by atoms with E-state index in [1.165, 1.54) is 13.8 Å². The molecule has 1 heterocycles. The Hall–Kier alpha value is -1.10. The Labute approximate surface area is 101 Å². The number of rotatable bonds is 3. The van der Waals surface area contributed by atoms with E-state index in [0.717, 1.165) is 6.42 Å². The van der Waals surface area contributed by atoms with Crippen molar-refractivity contribution in [3.8, 4) is 0 Å². The molecule has 4 atom stereocenters. The first kappa shape index (κ1) is 14.0. The minimum absolute atomic E-state index is 0.0809. The predicted molar refractivity (Wildman–Crippen MR) is 60.3 cm³/mol. The summed E-state index contributed by atoms with van der Waals surface area (Å²) in [7, 11) is 0. The van der Waals surface area contributed by atoms with Gasteiger partial charge in [-0.25, -0.2) is 0 Å². The monoisotopic (exact) mass is 244 g/mol. The van der Waals surface area contributed by atoms with Crippen LogP contribution in [-0.2, 0) is 23.8 Å². The Morgan fingerprint density at radius 2 is 1.88 bits per heavy atom. The molecule has 0 aromatic rings. The van der Waals surface area contributed by atoms with E-state index in [1.54, 1.807) is 0 Å². The molecule has 0 unspecified atom stereocenters. The summed E-state index contributed by atoms with van der Waals surface area (Å²) < 4.78 is 15.8. The van der Waals surface area contributed by atoms with E-state index >= 15 is 0 Å². The molecule has 1 rings (SSSR count). The molecule has 0 radical (unpaired) electrons. The van der Waals surface area contributed by atoms with Gasteiger partial charge in [0.15, 0.2) is 0 Å². The molecule has 1 saturated heterocycles. The maximum atomic E-state index is 11.0. The van der Waals surface area contributed by atoms with E-state index < -0.39 is 0 Å². The molecule has 98 valence electrons. The minimum atomic E-state index is -0.374. The highest BCUT2D eigenvalue weighted by molar-refractivity contribution is 5.66. The molecule has 0 spiro atoms. The molecule has 0 saturated carbocycles. The van der Waals surface area contributed by atoms with Crippen LogP contribution in [0.15, 0.2) is 0 Å². The fourth-order valence-corrected chi connectivity index (χ4v) is 2.17. The van der Waals surface area contributed by atoms with Gasteiger partial charge >= 0.3 is 11.9 Å². The summed E-state index contributed by atoms with van der Waals surface area (Å²) in [5, 5.41) is 0. The molecule has 5 nitrogen and oxygen atoms in total. The highest BCUT2D eigenvalue weighted by atomic mass is 16.6. The molecule has 5 heteroatoms. The van der Waals surface area contributed by atoms with E-state index in [4.69, 9.17) is 14.2 Å². The van der Waals surface area contributed by atoms with Gasteiger partial charge < -0.3 is 14.2 Å². The normalized spacial score (nSPS) is 32.9. The highest BCUT2D eigenvalue weighted by Gasteiger charge is 2.37. The molecule has 1 fully saturated rings. The van der Waals surface area contributed by atoms with Gasteiger partial charge in [0.2, 0.25) is 0 Å². The van der Waals surface area contributed by atoms with Gasteiger partial charge in [0.25, 0.3) is 0 Å². The number of hydrogen-bond acceptors (Lipinski definition) is 5. The van der Waals surface area contributed by atoms with Crippen LogP contribution in [0.1, 0.15) is 34.1 Å². The first-order chi connectivity index (χ1) is 7.90. The van der Waals surface area contributed by atoms with E-state index in [9.17, 15) is 9.59 Å². The third kappa shape index (κ3) is 4.34. The van der Waals surface area contributed by atoms with Gasteiger partial charge in [0.1, 0.15) is 18.8 Å². The van der Waals surface area contributed by atoms with Crippen molar-refractivity contribution >= 4 is 11.9 Å². The zero-order valence-corrected chi connectivity index (χ0v) is 10.8.